The van der Waals surface area contributed by atoms with Gasteiger partial charge in [0.1, 0.15) is 11.6 Å². The Hall–Kier alpha value is -1.81. The molecule has 19 heavy (non-hydrogen) atoms. The van der Waals surface area contributed by atoms with Crippen LogP contribution in [0, 0.1) is 19.7 Å². The molecular formula is C15H17FN2O. The SMILES string of the molecule is Cc1nc(Cc2ccc(F)cc2)nc(C)c1CCO. The normalized spacial score (nSPS) is 10.7. The van der Waals surface area contributed by atoms with Crippen molar-refractivity contribution in [3.63, 3.8) is 0 Å². The van der Waals surface area contributed by atoms with Gasteiger partial charge in [0.2, 0.25) is 0 Å². The molecule has 0 bridgehead atoms. The second-order valence-corrected chi connectivity index (χ2v) is 4.57. The number of hydrogen-bond donors (Lipinski definition) is 1. The van der Waals surface area contributed by atoms with Gasteiger partial charge in [-0.2, -0.15) is 0 Å². The summed E-state index contributed by atoms with van der Waals surface area (Å²) in [5.41, 5.74) is 3.79. The van der Waals surface area contributed by atoms with Gasteiger partial charge in [-0.1, -0.05) is 12.1 Å². The molecule has 0 unspecified atom stereocenters. The van der Waals surface area contributed by atoms with Gasteiger partial charge in [0.15, 0.2) is 0 Å². The quantitative estimate of drug-likeness (QED) is 0.918. The third-order valence-electron chi connectivity index (χ3n) is 3.10. The van der Waals surface area contributed by atoms with E-state index in [0.29, 0.717) is 12.8 Å². The molecule has 1 N–H and O–H groups in total. The molecule has 4 heteroatoms. The third kappa shape index (κ3) is 3.35. The van der Waals surface area contributed by atoms with Crippen molar-refractivity contribution in [3.8, 4) is 0 Å². The zero-order chi connectivity index (χ0) is 13.8. The van der Waals surface area contributed by atoms with Gasteiger partial charge < -0.3 is 5.11 Å². The molecule has 0 aliphatic heterocycles. The number of rotatable bonds is 4. The van der Waals surface area contributed by atoms with Gasteiger partial charge in [-0.3, -0.25) is 0 Å². The largest absolute Gasteiger partial charge is 0.396 e. The van der Waals surface area contributed by atoms with Crippen LogP contribution in [0.2, 0.25) is 0 Å². The summed E-state index contributed by atoms with van der Waals surface area (Å²) >= 11 is 0. The number of aryl methyl sites for hydroxylation is 2. The number of aliphatic hydroxyl groups is 1. The van der Waals surface area contributed by atoms with Crippen LogP contribution in [0.4, 0.5) is 4.39 Å². The first-order valence-electron chi connectivity index (χ1n) is 6.28. The van der Waals surface area contributed by atoms with Crippen LogP contribution in [-0.2, 0) is 12.8 Å². The average molecular weight is 260 g/mol. The minimum atomic E-state index is -0.240. The third-order valence-corrected chi connectivity index (χ3v) is 3.10. The highest BCUT2D eigenvalue weighted by molar-refractivity contribution is 5.27. The van der Waals surface area contributed by atoms with Crippen molar-refractivity contribution in [2.45, 2.75) is 26.7 Å². The zero-order valence-electron chi connectivity index (χ0n) is 11.2. The summed E-state index contributed by atoms with van der Waals surface area (Å²) in [6, 6.07) is 6.36. The van der Waals surface area contributed by atoms with Crippen molar-refractivity contribution in [1.82, 2.24) is 9.97 Å². The molecule has 1 heterocycles. The lowest BCUT2D eigenvalue weighted by Crippen LogP contribution is -2.07. The smallest absolute Gasteiger partial charge is 0.133 e. The molecule has 0 saturated heterocycles. The van der Waals surface area contributed by atoms with Crippen molar-refractivity contribution >= 4 is 0 Å². The van der Waals surface area contributed by atoms with Crippen LogP contribution in [0.25, 0.3) is 0 Å². The Balaban J connectivity index is 2.24. The van der Waals surface area contributed by atoms with Gasteiger partial charge >= 0.3 is 0 Å². The van der Waals surface area contributed by atoms with Crippen LogP contribution in [0.3, 0.4) is 0 Å². The summed E-state index contributed by atoms with van der Waals surface area (Å²) < 4.78 is 12.8. The Morgan fingerprint density at radius 1 is 1.05 bits per heavy atom. The number of nitrogens with zero attached hydrogens (tertiary/aromatic N) is 2. The molecule has 3 nitrogen and oxygen atoms in total. The number of aliphatic hydroxyl groups excluding tert-OH is 1. The molecule has 0 aliphatic rings. The minimum Gasteiger partial charge on any atom is -0.396 e. The van der Waals surface area contributed by atoms with Gasteiger partial charge in [0, 0.05) is 24.4 Å². The molecule has 0 spiro atoms. The van der Waals surface area contributed by atoms with Crippen LogP contribution >= 0.6 is 0 Å². The molecular weight excluding hydrogens is 243 g/mol. The van der Waals surface area contributed by atoms with E-state index in [1.54, 1.807) is 12.1 Å². The van der Waals surface area contributed by atoms with Crippen molar-refractivity contribution < 1.29 is 9.50 Å². The number of halogens is 1. The summed E-state index contributed by atoms with van der Waals surface area (Å²) in [6.07, 6.45) is 1.16. The Morgan fingerprint density at radius 2 is 1.63 bits per heavy atom. The van der Waals surface area contributed by atoms with Crippen LogP contribution in [-0.4, -0.2) is 21.7 Å². The monoisotopic (exact) mass is 260 g/mol. The lowest BCUT2D eigenvalue weighted by atomic mass is 10.1. The molecule has 100 valence electrons. The summed E-state index contributed by atoms with van der Waals surface area (Å²) in [4.78, 5) is 8.91. The highest BCUT2D eigenvalue weighted by Gasteiger charge is 2.08. The zero-order valence-corrected chi connectivity index (χ0v) is 11.2. The maximum atomic E-state index is 12.8. The highest BCUT2D eigenvalue weighted by atomic mass is 19.1. The van der Waals surface area contributed by atoms with Crippen molar-refractivity contribution in [3.05, 3.63) is 58.4 Å². The molecule has 0 atom stereocenters. The summed E-state index contributed by atoms with van der Waals surface area (Å²) in [6.45, 7) is 3.95. The molecule has 2 aromatic rings. The summed E-state index contributed by atoms with van der Waals surface area (Å²) in [5, 5.41) is 9.01. The lowest BCUT2D eigenvalue weighted by molar-refractivity contribution is 0.298. The van der Waals surface area contributed by atoms with Crippen LogP contribution < -0.4 is 0 Å². The van der Waals surface area contributed by atoms with E-state index in [0.717, 1.165) is 28.3 Å². The lowest BCUT2D eigenvalue weighted by Gasteiger charge is -2.10. The number of hydrogen-bond acceptors (Lipinski definition) is 3. The fourth-order valence-electron chi connectivity index (χ4n) is 2.15. The molecule has 1 aromatic heterocycles. The maximum Gasteiger partial charge on any atom is 0.133 e. The molecule has 1 aromatic carbocycles. The van der Waals surface area contributed by atoms with Gasteiger partial charge in [-0.15, -0.1) is 0 Å². The molecule has 0 radical (unpaired) electrons. The van der Waals surface area contributed by atoms with Gasteiger partial charge in [0.05, 0.1) is 0 Å². The Bertz CT molecular complexity index is 544. The summed E-state index contributed by atoms with van der Waals surface area (Å²) in [5.74, 6) is 0.485. The van der Waals surface area contributed by atoms with E-state index >= 15 is 0 Å². The predicted octanol–water partition coefficient (Wildman–Crippen LogP) is 2.36. The summed E-state index contributed by atoms with van der Waals surface area (Å²) in [7, 11) is 0. The minimum absolute atomic E-state index is 0.0996. The van der Waals surface area contributed by atoms with Crippen LogP contribution in [0.15, 0.2) is 24.3 Å². The fraction of sp³-hybridized carbons (Fsp3) is 0.333. The molecule has 0 amide bonds. The van der Waals surface area contributed by atoms with Crippen molar-refractivity contribution in [2.75, 3.05) is 6.61 Å². The fourth-order valence-corrected chi connectivity index (χ4v) is 2.15. The maximum absolute atomic E-state index is 12.8. The topological polar surface area (TPSA) is 46.0 Å². The number of benzene rings is 1. The van der Waals surface area contributed by atoms with Crippen molar-refractivity contribution in [2.24, 2.45) is 0 Å². The van der Waals surface area contributed by atoms with Crippen LogP contribution in [0.1, 0.15) is 28.3 Å². The van der Waals surface area contributed by atoms with E-state index < -0.39 is 0 Å². The van der Waals surface area contributed by atoms with E-state index in [4.69, 9.17) is 5.11 Å². The van der Waals surface area contributed by atoms with E-state index in [1.807, 2.05) is 13.8 Å². The van der Waals surface area contributed by atoms with Gasteiger partial charge in [-0.05, 0) is 43.5 Å². The van der Waals surface area contributed by atoms with E-state index in [9.17, 15) is 4.39 Å². The predicted molar refractivity (Wildman–Crippen MR) is 71.5 cm³/mol. The Morgan fingerprint density at radius 3 is 2.16 bits per heavy atom. The first kappa shape index (κ1) is 13.6. The second kappa shape index (κ2) is 5.89. The van der Waals surface area contributed by atoms with E-state index in [1.165, 1.54) is 12.1 Å². The van der Waals surface area contributed by atoms with Gasteiger partial charge in [-0.25, -0.2) is 14.4 Å². The first-order chi connectivity index (χ1) is 9.10. The first-order valence-corrected chi connectivity index (χ1v) is 6.28. The van der Waals surface area contributed by atoms with E-state index in [-0.39, 0.29) is 12.4 Å². The molecule has 0 aliphatic carbocycles. The van der Waals surface area contributed by atoms with E-state index in [2.05, 4.69) is 9.97 Å². The molecule has 0 fully saturated rings. The Labute approximate surface area is 112 Å². The Kier molecular flexibility index (Phi) is 4.22. The number of aromatic nitrogens is 2. The van der Waals surface area contributed by atoms with Gasteiger partial charge in [0.25, 0.3) is 0 Å². The highest BCUT2D eigenvalue weighted by Crippen LogP contribution is 2.13. The second-order valence-electron chi connectivity index (χ2n) is 4.57. The van der Waals surface area contributed by atoms with Crippen molar-refractivity contribution in [1.29, 1.82) is 0 Å². The standard InChI is InChI=1S/C15H17FN2O/c1-10-14(7-8-19)11(2)18-15(17-10)9-12-3-5-13(16)6-4-12/h3-6,19H,7-9H2,1-2H3. The average Bonchev–Trinajstić information content (AvgIpc) is 2.37. The molecule has 2 rings (SSSR count). The molecule has 0 saturated carbocycles. The van der Waals surface area contributed by atoms with Crippen LogP contribution in [0.5, 0.6) is 0 Å².